The molecule has 0 N–H and O–H groups in total. The minimum Gasteiger partial charge on any atom is -0.467 e. The molecule has 1 aliphatic rings. The molecule has 0 fully saturated rings. The smallest absolute Gasteiger partial charge is 0.284 e. The normalized spacial score (nSPS) is 15.4. The highest BCUT2D eigenvalue weighted by Crippen LogP contribution is 2.38. The minimum atomic E-state index is -0.465. The lowest BCUT2D eigenvalue weighted by atomic mass is 9.91. The van der Waals surface area contributed by atoms with Crippen LogP contribution in [0, 0.1) is 0 Å². The lowest BCUT2D eigenvalue weighted by Gasteiger charge is -2.19. The third-order valence-corrected chi connectivity index (χ3v) is 7.52. The lowest BCUT2D eigenvalue weighted by molar-refractivity contribution is 0.0698. The first kappa shape index (κ1) is 22.5. The fraction of sp³-hybridized carbons (Fsp3) is 0.107. The fourth-order valence-corrected chi connectivity index (χ4v) is 5.58. The van der Waals surface area contributed by atoms with E-state index in [0.29, 0.717) is 33.4 Å². The van der Waals surface area contributed by atoms with Gasteiger partial charge in [-0.3, -0.25) is 9.59 Å². The Hall–Kier alpha value is -3.94. The number of hydrogen-bond acceptors (Lipinski definition) is 5. The number of furan rings is 1. The Balaban J connectivity index is 1.61. The second kappa shape index (κ2) is 8.93. The van der Waals surface area contributed by atoms with E-state index >= 15 is 0 Å². The van der Waals surface area contributed by atoms with Crippen molar-refractivity contribution in [2.75, 3.05) is 0 Å². The number of nitrogens with zero attached hydrogens (tertiary/aromatic N) is 3. The zero-order valence-corrected chi connectivity index (χ0v) is 20.8. The maximum absolute atomic E-state index is 13.9. The average Bonchev–Trinajstić information content (AvgIpc) is 3.67. The SMILES string of the molecule is Cn1c(=O)c(C2=NN(C(=O)c3cccs3)[C@H](c3ccco3)C2)c(-c2ccccc2)c2cc(Cl)ccc21. The van der Waals surface area contributed by atoms with Crippen LogP contribution < -0.4 is 5.56 Å². The number of aromatic nitrogens is 1. The molecule has 6 rings (SSSR count). The van der Waals surface area contributed by atoms with Crippen molar-refractivity contribution in [3.63, 3.8) is 0 Å². The number of amides is 1. The van der Waals surface area contributed by atoms with E-state index in [1.54, 1.807) is 36.1 Å². The lowest BCUT2D eigenvalue weighted by Crippen LogP contribution is -2.26. The van der Waals surface area contributed by atoms with Gasteiger partial charge in [-0.25, -0.2) is 5.01 Å². The van der Waals surface area contributed by atoms with Crippen LogP contribution in [0.2, 0.25) is 5.02 Å². The highest BCUT2D eigenvalue weighted by atomic mass is 35.5. The number of hydrogen-bond donors (Lipinski definition) is 0. The van der Waals surface area contributed by atoms with Gasteiger partial charge in [-0.05, 0) is 47.3 Å². The average molecular weight is 514 g/mol. The molecule has 36 heavy (non-hydrogen) atoms. The van der Waals surface area contributed by atoms with Crippen molar-refractivity contribution in [2.45, 2.75) is 12.5 Å². The summed E-state index contributed by atoms with van der Waals surface area (Å²) in [5.74, 6) is 0.379. The molecule has 5 aromatic rings. The number of thiophene rings is 1. The van der Waals surface area contributed by atoms with Gasteiger partial charge in [0.15, 0.2) is 0 Å². The number of carbonyl (C=O) groups excluding carboxylic acids is 1. The second-order valence-corrected chi connectivity index (χ2v) is 9.93. The van der Waals surface area contributed by atoms with Gasteiger partial charge in [-0.2, -0.15) is 5.10 Å². The Morgan fingerprint density at radius 2 is 1.89 bits per heavy atom. The first-order valence-corrected chi connectivity index (χ1v) is 12.6. The fourth-order valence-electron chi connectivity index (χ4n) is 4.76. The zero-order valence-electron chi connectivity index (χ0n) is 19.2. The Kier molecular flexibility index (Phi) is 5.59. The summed E-state index contributed by atoms with van der Waals surface area (Å²) in [5, 5.41) is 9.47. The van der Waals surface area contributed by atoms with Crippen LogP contribution in [-0.2, 0) is 7.05 Å². The number of fused-ring (bicyclic) bond motifs is 1. The third kappa shape index (κ3) is 3.68. The highest BCUT2D eigenvalue weighted by molar-refractivity contribution is 7.12. The van der Waals surface area contributed by atoms with Crippen molar-refractivity contribution < 1.29 is 9.21 Å². The van der Waals surface area contributed by atoms with E-state index in [-0.39, 0.29) is 11.5 Å². The molecule has 2 aromatic carbocycles. The van der Waals surface area contributed by atoms with E-state index in [2.05, 4.69) is 0 Å². The van der Waals surface area contributed by atoms with Gasteiger partial charge in [0.05, 0.1) is 27.9 Å². The number of pyridine rings is 1. The van der Waals surface area contributed by atoms with Crippen molar-refractivity contribution in [1.82, 2.24) is 9.58 Å². The maximum atomic E-state index is 13.9. The summed E-state index contributed by atoms with van der Waals surface area (Å²) in [7, 11) is 1.74. The van der Waals surface area contributed by atoms with Crippen molar-refractivity contribution >= 4 is 45.5 Å². The molecule has 4 heterocycles. The first-order chi connectivity index (χ1) is 17.5. The van der Waals surface area contributed by atoms with Crippen LogP contribution in [0.5, 0.6) is 0 Å². The monoisotopic (exact) mass is 513 g/mol. The summed E-state index contributed by atoms with van der Waals surface area (Å²) in [6.07, 6.45) is 1.92. The van der Waals surface area contributed by atoms with Gasteiger partial charge in [0.1, 0.15) is 11.8 Å². The number of halogens is 1. The number of benzene rings is 2. The summed E-state index contributed by atoms with van der Waals surface area (Å²) in [5.41, 5.74) is 3.18. The Morgan fingerprint density at radius 3 is 2.61 bits per heavy atom. The molecule has 1 aliphatic heterocycles. The van der Waals surface area contributed by atoms with Crippen LogP contribution in [0.1, 0.15) is 33.5 Å². The van der Waals surface area contributed by atoms with Crippen LogP contribution in [0.4, 0.5) is 0 Å². The molecule has 8 heteroatoms. The van der Waals surface area contributed by atoms with Crippen molar-refractivity contribution in [3.05, 3.63) is 116 Å². The molecule has 0 saturated carbocycles. The summed E-state index contributed by atoms with van der Waals surface area (Å²) in [6, 6.07) is 22.0. The van der Waals surface area contributed by atoms with Gasteiger partial charge in [0, 0.05) is 29.4 Å². The van der Waals surface area contributed by atoms with E-state index in [1.807, 2.05) is 60.0 Å². The van der Waals surface area contributed by atoms with Gasteiger partial charge in [0.25, 0.3) is 11.5 Å². The van der Waals surface area contributed by atoms with Gasteiger partial charge < -0.3 is 8.98 Å². The molecule has 6 nitrogen and oxygen atoms in total. The van der Waals surface area contributed by atoms with Crippen molar-refractivity contribution in [2.24, 2.45) is 12.1 Å². The largest absolute Gasteiger partial charge is 0.467 e. The van der Waals surface area contributed by atoms with Gasteiger partial charge in [0.2, 0.25) is 0 Å². The van der Waals surface area contributed by atoms with Crippen molar-refractivity contribution in [1.29, 1.82) is 0 Å². The highest BCUT2D eigenvalue weighted by Gasteiger charge is 2.37. The second-order valence-electron chi connectivity index (χ2n) is 8.55. The minimum absolute atomic E-state index is 0.189. The van der Waals surface area contributed by atoms with Crippen molar-refractivity contribution in [3.8, 4) is 11.1 Å². The zero-order chi connectivity index (χ0) is 24.8. The third-order valence-electron chi connectivity index (χ3n) is 6.43. The molecular weight excluding hydrogens is 494 g/mol. The predicted molar refractivity (Wildman–Crippen MR) is 143 cm³/mol. The molecule has 3 aromatic heterocycles. The molecule has 1 amide bonds. The van der Waals surface area contributed by atoms with Crippen LogP contribution in [0.3, 0.4) is 0 Å². The van der Waals surface area contributed by atoms with E-state index in [1.165, 1.54) is 16.3 Å². The van der Waals surface area contributed by atoms with Crippen LogP contribution >= 0.6 is 22.9 Å². The van der Waals surface area contributed by atoms with E-state index in [0.717, 1.165) is 22.0 Å². The number of aryl methyl sites for hydroxylation is 1. The summed E-state index contributed by atoms with van der Waals surface area (Å²) in [4.78, 5) is 27.9. The summed E-state index contributed by atoms with van der Waals surface area (Å²) in [6.45, 7) is 0. The predicted octanol–water partition coefficient (Wildman–Crippen LogP) is 6.50. The molecule has 0 radical (unpaired) electrons. The molecule has 0 aliphatic carbocycles. The molecular formula is C28H20ClN3O3S. The summed E-state index contributed by atoms with van der Waals surface area (Å²) >= 11 is 7.76. The Bertz CT molecular complexity index is 1670. The Labute approximate surface area is 215 Å². The topological polar surface area (TPSA) is 67.8 Å². The van der Waals surface area contributed by atoms with E-state index < -0.39 is 6.04 Å². The molecule has 0 saturated heterocycles. The van der Waals surface area contributed by atoms with Gasteiger partial charge >= 0.3 is 0 Å². The van der Waals surface area contributed by atoms with Crippen LogP contribution in [0.15, 0.2) is 98.8 Å². The van der Waals surface area contributed by atoms with Crippen LogP contribution in [-0.4, -0.2) is 21.2 Å². The summed E-state index contributed by atoms with van der Waals surface area (Å²) < 4.78 is 7.30. The van der Waals surface area contributed by atoms with Gasteiger partial charge in [-0.1, -0.05) is 48.0 Å². The molecule has 0 bridgehead atoms. The van der Waals surface area contributed by atoms with E-state index in [9.17, 15) is 9.59 Å². The standard InChI is InChI=1S/C28H20ClN3O3S/c1-31-21-12-11-18(29)15-19(21)25(17-7-3-2-4-8-17)26(28(31)34)20-16-22(23-9-5-13-35-23)32(30-20)27(33)24-10-6-14-36-24/h2-15,22H,16H2,1H3/t22-/m0/s1. The maximum Gasteiger partial charge on any atom is 0.284 e. The molecule has 0 unspecified atom stereocenters. The quantitative estimate of drug-likeness (QED) is 0.275. The number of hydrazone groups is 1. The Morgan fingerprint density at radius 1 is 1.06 bits per heavy atom. The molecule has 0 spiro atoms. The molecule has 178 valence electrons. The van der Waals surface area contributed by atoms with Gasteiger partial charge in [-0.15, -0.1) is 11.3 Å². The molecule has 1 atom stereocenters. The van der Waals surface area contributed by atoms with E-state index in [4.69, 9.17) is 21.1 Å². The first-order valence-electron chi connectivity index (χ1n) is 11.4. The van der Waals surface area contributed by atoms with Crippen LogP contribution in [0.25, 0.3) is 22.0 Å². The number of rotatable bonds is 4. The number of carbonyl (C=O) groups is 1.